The molecule has 0 aromatic heterocycles. The molecule has 3 fully saturated rings. The molecule has 2 atom stereocenters. The fourth-order valence-corrected chi connectivity index (χ4v) is 4.75. The number of carbonyl (C=O) groups is 2. The van der Waals surface area contributed by atoms with Crippen LogP contribution in [0, 0.1) is 11.7 Å². The molecule has 1 aliphatic carbocycles. The molecular weight excluding hydrogens is 347 g/mol. The molecule has 0 unspecified atom stereocenters. The van der Waals surface area contributed by atoms with Gasteiger partial charge < -0.3 is 15.1 Å². The number of carbonyl (C=O) groups excluding carboxylic acids is 2. The van der Waals surface area contributed by atoms with Gasteiger partial charge in [0, 0.05) is 5.69 Å². The predicted octanol–water partition coefficient (Wildman–Crippen LogP) is 0.989. The average Bonchev–Trinajstić information content (AvgIpc) is 2.91. The van der Waals surface area contributed by atoms with Gasteiger partial charge in [0.15, 0.2) is 6.67 Å². The number of hydrogen-bond donors (Lipinski definition) is 2. The largest absolute Gasteiger partial charge is 0.360 e. The summed E-state index contributed by atoms with van der Waals surface area (Å²) >= 11 is 0. The number of rotatable bonds is 3. The van der Waals surface area contributed by atoms with Crippen molar-refractivity contribution in [3.8, 4) is 0 Å². The molecule has 0 bridgehead atoms. The van der Waals surface area contributed by atoms with Gasteiger partial charge in [-0.1, -0.05) is 19.8 Å². The Morgan fingerprint density at radius 3 is 2.56 bits per heavy atom. The zero-order chi connectivity index (χ0) is 19.0. The number of quaternary nitrogens is 1. The van der Waals surface area contributed by atoms with Crippen LogP contribution in [0.3, 0.4) is 0 Å². The van der Waals surface area contributed by atoms with Gasteiger partial charge in [-0.2, -0.15) is 0 Å². The highest BCUT2D eigenvalue weighted by Gasteiger charge is 2.55. The topological polar surface area (TPSA) is 57.1 Å². The number of urea groups is 1. The fraction of sp³-hybridized carbons (Fsp3) is 0.600. The first-order chi connectivity index (χ1) is 13.0. The Morgan fingerprint density at radius 1 is 1.19 bits per heavy atom. The number of piperazine rings is 1. The van der Waals surface area contributed by atoms with Crippen molar-refractivity contribution in [3.63, 3.8) is 0 Å². The Hall–Kier alpha value is -2.15. The van der Waals surface area contributed by atoms with E-state index in [1.54, 1.807) is 12.1 Å². The van der Waals surface area contributed by atoms with Crippen LogP contribution in [0.2, 0.25) is 0 Å². The van der Waals surface area contributed by atoms with Crippen LogP contribution in [-0.2, 0) is 4.79 Å². The molecule has 27 heavy (non-hydrogen) atoms. The third kappa shape index (κ3) is 3.29. The summed E-state index contributed by atoms with van der Waals surface area (Å²) in [5, 5.41) is 3.03. The zero-order valence-corrected chi connectivity index (χ0v) is 15.8. The normalized spacial score (nSPS) is 29.5. The van der Waals surface area contributed by atoms with E-state index in [1.165, 1.54) is 21.9 Å². The van der Waals surface area contributed by atoms with Gasteiger partial charge in [0.05, 0.1) is 26.2 Å². The van der Waals surface area contributed by atoms with Crippen LogP contribution in [0.25, 0.3) is 0 Å². The van der Waals surface area contributed by atoms with Crippen molar-refractivity contribution in [1.82, 2.24) is 10.2 Å². The van der Waals surface area contributed by atoms with Gasteiger partial charge in [0.25, 0.3) is 5.91 Å². The molecule has 1 spiro atoms. The lowest BCUT2D eigenvalue weighted by Crippen LogP contribution is -3.16. The summed E-state index contributed by atoms with van der Waals surface area (Å²) in [6, 6.07) is 6.32. The van der Waals surface area contributed by atoms with Crippen LogP contribution in [-0.4, -0.2) is 55.2 Å². The lowest BCUT2D eigenvalue weighted by molar-refractivity contribution is -0.907. The van der Waals surface area contributed by atoms with Gasteiger partial charge >= 0.3 is 6.03 Å². The van der Waals surface area contributed by atoms with Crippen molar-refractivity contribution in [3.05, 3.63) is 30.1 Å². The van der Waals surface area contributed by atoms with E-state index in [4.69, 9.17) is 0 Å². The molecule has 6 nitrogen and oxygen atoms in total. The third-order valence-electron chi connectivity index (χ3n) is 6.55. The van der Waals surface area contributed by atoms with E-state index in [0.29, 0.717) is 6.67 Å². The number of nitrogens with zero attached hydrogens (tertiary/aromatic N) is 2. The Labute approximate surface area is 159 Å². The molecule has 146 valence electrons. The Bertz CT molecular complexity index is 717. The SMILES string of the molecule is C[C@H]1CCCC[C@]12NC(=O)N(C[NH+]1CCN(c3ccc(F)cc3)CC1)C2=O. The Kier molecular flexibility index (Phi) is 4.80. The third-order valence-corrected chi connectivity index (χ3v) is 6.55. The van der Waals surface area contributed by atoms with Gasteiger partial charge in [-0.3, -0.25) is 4.79 Å². The molecular formula is C20H28FN4O2+. The molecule has 0 radical (unpaired) electrons. The summed E-state index contributed by atoms with van der Waals surface area (Å²) in [4.78, 5) is 30.5. The first-order valence-electron chi connectivity index (χ1n) is 9.98. The van der Waals surface area contributed by atoms with Crippen LogP contribution in [0.5, 0.6) is 0 Å². The summed E-state index contributed by atoms with van der Waals surface area (Å²) < 4.78 is 13.1. The number of amides is 3. The maximum Gasteiger partial charge on any atom is 0.329 e. The van der Waals surface area contributed by atoms with Crippen LogP contribution < -0.4 is 15.1 Å². The lowest BCUT2D eigenvalue weighted by Gasteiger charge is -2.37. The maximum atomic E-state index is 13.1. The van der Waals surface area contributed by atoms with Gasteiger partial charge in [-0.05, 0) is 43.0 Å². The summed E-state index contributed by atoms with van der Waals surface area (Å²) in [5.41, 5.74) is 0.338. The van der Waals surface area contributed by atoms with Gasteiger partial charge in [-0.15, -0.1) is 0 Å². The number of hydrogen-bond acceptors (Lipinski definition) is 3. The maximum absolute atomic E-state index is 13.1. The lowest BCUT2D eigenvalue weighted by atomic mass is 9.73. The average molecular weight is 375 g/mol. The molecule has 3 aliphatic rings. The number of benzene rings is 1. The molecule has 1 aromatic rings. The molecule has 1 aromatic carbocycles. The van der Waals surface area contributed by atoms with Crippen molar-refractivity contribution in [1.29, 1.82) is 0 Å². The van der Waals surface area contributed by atoms with Crippen LogP contribution in [0.15, 0.2) is 24.3 Å². The minimum absolute atomic E-state index is 0.0341. The number of anilines is 1. The van der Waals surface area contributed by atoms with Crippen molar-refractivity contribution in [2.24, 2.45) is 5.92 Å². The first kappa shape index (κ1) is 18.2. The van der Waals surface area contributed by atoms with E-state index in [1.807, 2.05) is 0 Å². The number of nitrogens with one attached hydrogen (secondary N) is 2. The number of imide groups is 1. The minimum Gasteiger partial charge on any atom is -0.360 e. The van der Waals surface area contributed by atoms with Gasteiger partial charge in [0.2, 0.25) is 0 Å². The predicted molar refractivity (Wildman–Crippen MR) is 99.9 cm³/mol. The van der Waals surface area contributed by atoms with E-state index in [2.05, 4.69) is 17.1 Å². The van der Waals surface area contributed by atoms with E-state index >= 15 is 0 Å². The van der Waals surface area contributed by atoms with E-state index in [-0.39, 0.29) is 23.7 Å². The van der Waals surface area contributed by atoms with Crippen LogP contribution >= 0.6 is 0 Å². The Balaban J connectivity index is 1.37. The van der Waals surface area contributed by atoms with Gasteiger partial charge in [-0.25, -0.2) is 14.1 Å². The first-order valence-corrected chi connectivity index (χ1v) is 9.98. The molecule has 1 saturated carbocycles. The van der Waals surface area contributed by atoms with E-state index < -0.39 is 5.54 Å². The minimum atomic E-state index is -0.676. The molecule has 4 rings (SSSR count). The molecule has 2 saturated heterocycles. The van der Waals surface area contributed by atoms with Crippen molar-refractivity contribution >= 4 is 17.6 Å². The second-order valence-corrected chi connectivity index (χ2v) is 8.15. The highest BCUT2D eigenvalue weighted by Crippen LogP contribution is 2.37. The standard InChI is InChI=1S/C20H27FN4O2/c1-15-4-2-3-9-20(15)18(26)25(19(27)22-20)14-23-10-12-24(13-11-23)17-7-5-16(21)6-8-17/h5-8,15H,2-4,9-14H2,1H3,(H,22,27)/p+1/t15-,20-/m0/s1. The summed E-state index contributed by atoms with van der Waals surface area (Å²) in [6.45, 7) is 5.85. The van der Waals surface area contributed by atoms with E-state index in [9.17, 15) is 14.0 Å². The van der Waals surface area contributed by atoms with Crippen LogP contribution in [0.1, 0.15) is 32.6 Å². The molecule has 7 heteroatoms. The molecule has 2 N–H and O–H groups in total. The molecule has 2 aliphatic heterocycles. The summed E-state index contributed by atoms with van der Waals surface area (Å²) in [7, 11) is 0. The van der Waals surface area contributed by atoms with Crippen molar-refractivity contribution in [2.45, 2.75) is 38.1 Å². The van der Waals surface area contributed by atoms with Gasteiger partial charge in [0.1, 0.15) is 11.4 Å². The highest BCUT2D eigenvalue weighted by atomic mass is 19.1. The molecule has 3 amide bonds. The van der Waals surface area contributed by atoms with E-state index in [0.717, 1.165) is 57.5 Å². The van der Waals surface area contributed by atoms with Crippen molar-refractivity contribution < 1.29 is 18.9 Å². The quantitative estimate of drug-likeness (QED) is 0.775. The highest BCUT2D eigenvalue weighted by molar-refractivity contribution is 6.07. The number of halogens is 1. The second-order valence-electron chi connectivity index (χ2n) is 8.15. The fourth-order valence-electron chi connectivity index (χ4n) is 4.75. The van der Waals surface area contributed by atoms with Crippen molar-refractivity contribution in [2.75, 3.05) is 37.7 Å². The van der Waals surface area contributed by atoms with Crippen LogP contribution in [0.4, 0.5) is 14.9 Å². The monoisotopic (exact) mass is 375 g/mol. The molecule has 2 heterocycles. The second kappa shape index (κ2) is 7.11. The Morgan fingerprint density at radius 2 is 1.89 bits per heavy atom. The summed E-state index contributed by atoms with van der Waals surface area (Å²) in [6.07, 6.45) is 3.86. The smallest absolute Gasteiger partial charge is 0.329 e. The summed E-state index contributed by atoms with van der Waals surface area (Å²) in [5.74, 6) is -0.0707. The zero-order valence-electron chi connectivity index (χ0n) is 15.8.